The molecule has 0 fully saturated rings. The van der Waals surface area contributed by atoms with Crippen molar-refractivity contribution in [2.24, 2.45) is 0 Å². The Labute approximate surface area is 193 Å². The van der Waals surface area contributed by atoms with Crippen LogP contribution in [0.3, 0.4) is 0 Å². The summed E-state index contributed by atoms with van der Waals surface area (Å²) in [7, 11) is 1.61. The highest BCUT2D eigenvalue weighted by molar-refractivity contribution is 7.99. The molecule has 164 valence electrons. The van der Waals surface area contributed by atoms with Crippen LogP contribution in [0.5, 0.6) is 0 Å². The first kappa shape index (κ1) is 22.0. The van der Waals surface area contributed by atoms with E-state index < -0.39 is 5.82 Å². The lowest BCUT2D eigenvalue weighted by molar-refractivity contribution is -0.127. The zero-order chi connectivity index (χ0) is 22.5. The van der Waals surface area contributed by atoms with Gasteiger partial charge in [-0.25, -0.2) is 4.39 Å². The van der Waals surface area contributed by atoms with E-state index in [0.717, 1.165) is 11.3 Å². The fourth-order valence-electron chi connectivity index (χ4n) is 3.05. The Hall–Kier alpha value is -3.17. The smallest absolute Gasteiger partial charge is 0.233 e. The molecule has 32 heavy (non-hydrogen) atoms. The van der Waals surface area contributed by atoms with Gasteiger partial charge in [0.05, 0.1) is 18.6 Å². The van der Waals surface area contributed by atoms with Gasteiger partial charge in [-0.2, -0.15) is 0 Å². The average molecular weight is 472 g/mol. The van der Waals surface area contributed by atoms with Gasteiger partial charge in [0.25, 0.3) is 0 Å². The Kier molecular flexibility index (Phi) is 6.87. The third-order valence-corrected chi connectivity index (χ3v) is 6.04. The predicted molar refractivity (Wildman–Crippen MR) is 120 cm³/mol. The number of carbonyl (C=O) groups excluding carboxylic acids is 1. The first-order chi connectivity index (χ1) is 15.5. The Morgan fingerprint density at radius 3 is 2.81 bits per heavy atom. The molecule has 0 spiro atoms. The lowest BCUT2D eigenvalue weighted by Gasteiger charge is -2.18. The minimum Gasteiger partial charge on any atom is -0.467 e. The standard InChI is InChI=1S/C22H19ClFN5O2S/c1-28(13-17-18(23)7-2-8-19(17)24)20(30)14-32-22-27-26-21(15-5-3-9-25-11-15)29(22)12-16-6-4-10-31-16/h2-11H,12-14H2,1H3. The van der Waals surface area contributed by atoms with E-state index >= 15 is 0 Å². The van der Waals surface area contributed by atoms with Crippen molar-refractivity contribution in [3.63, 3.8) is 0 Å². The first-order valence-electron chi connectivity index (χ1n) is 9.68. The Morgan fingerprint density at radius 2 is 2.09 bits per heavy atom. The fraction of sp³-hybridized carbons (Fsp3) is 0.182. The molecule has 0 aliphatic rings. The van der Waals surface area contributed by atoms with Crippen LogP contribution in [0.25, 0.3) is 11.4 Å². The number of furan rings is 1. The normalized spacial score (nSPS) is 11.0. The molecule has 0 N–H and O–H groups in total. The van der Waals surface area contributed by atoms with Gasteiger partial charge in [0, 0.05) is 42.1 Å². The molecular formula is C22H19ClFN5O2S. The van der Waals surface area contributed by atoms with Crippen LogP contribution in [0.2, 0.25) is 5.02 Å². The Bertz CT molecular complexity index is 1180. The Morgan fingerprint density at radius 1 is 1.22 bits per heavy atom. The number of rotatable bonds is 8. The van der Waals surface area contributed by atoms with Crippen molar-refractivity contribution in [1.82, 2.24) is 24.6 Å². The molecule has 3 aromatic heterocycles. The second-order valence-corrected chi connectivity index (χ2v) is 8.30. The van der Waals surface area contributed by atoms with E-state index in [-0.39, 0.29) is 28.8 Å². The van der Waals surface area contributed by atoms with Crippen molar-refractivity contribution in [2.75, 3.05) is 12.8 Å². The molecule has 0 atom stereocenters. The van der Waals surface area contributed by atoms with Crippen molar-refractivity contribution in [2.45, 2.75) is 18.2 Å². The van der Waals surface area contributed by atoms with Crippen molar-refractivity contribution >= 4 is 29.3 Å². The Balaban J connectivity index is 1.50. The van der Waals surface area contributed by atoms with Crippen LogP contribution in [0.15, 0.2) is 70.7 Å². The molecule has 0 aliphatic carbocycles. The van der Waals surface area contributed by atoms with E-state index in [2.05, 4.69) is 15.2 Å². The topological polar surface area (TPSA) is 77.1 Å². The highest BCUT2D eigenvalue weighted by Crippen LogP contribution is 2.26. The summed E-state index contributed by atoms with van der Waals surface area (Å²) in [5.41, 5.74) is 1.09. The summed E-state index contributed by atoms with van der Waals surface area (Å²) >= 11 is 7.33. The molecule has 0 bridgehead atoms. The maximum atomic E-state index is 14.1. The number of amides is 1. The van der Waals surface area contributed by atoms with Gasteiger partial charge in [-0.15, -0.1) is 10.2 Å². The van der Waals surface area contributed by atoms with Gasteiger partial charge in [-0.05, 0) is 36.4 Å². The van der Waals surface area contributed by atoms with Crippen molar-refractivity contribution in [3.8, 4) is 11.4 Å². The van der Waals surface area contributed by atoms with E-state index in [0.29, 0.717) is 17.5 Å². The van der Waals surface area contributed by atoms with Crippen LogP contribution in [0.1, 0.15) is 11.3 Å². The van der Waals surface area contributed by atoms with Crippen LogP contribution in [0, 0.1) is 5.82 Å². The van der Waals surface area contributed by atoms with Crippen LogP contribution in [0.4, 0.5) is 4.39 Å². The van der Waals surface area contributed by atoms with Gasteiger partial charge in [-0.3, -0.25) is 14.3 Å². The molecular weight excluding hydrogens is 453 g/mol. The molecule has 1 amide bonds. The number of thioether (sulfide) groups is 1. The summed E-state index contributed by atoms with van der Waals surface area (Å²) in [5, 5.41) is 9.42. The zero-order valence-corrected chi connectivity index (χ0v) is 18.7. The quantitative estimate of drug-likeness (QED) is 0.351. The number of nitrogens with zero attached hydrogens (tertiary/aromatic N) is 5. The average Bonchev–Trinajstić information content (AvgIpc) is 3.45. The molecule has 0 unspecified atom stereocenters. The maximum absolute atomic E-state index is 14.1. The molecule has 1 aromatic carbocycles. The minimum absolute atomic E-state index is 0.0743. The second kappa shape index (κ2) is 9.97. The van der Waals surface area contributed by atoms with Gasteiger partial charge in [0.15, 0.2) is 11.0 Å². The number of hydrogen-bond acceptors (Lipinski definition) is 6. The molecule has 4 rings (SSSR count). The molecule has 10 heteroatoms. The van der Waals surface area contributed by atoms with Gasteiger partial charge in [0.2, 0.25) is 5.91 Å². The highest BCUT2D eigenvalue weighted by atomic mass is 35.5. The SMILES string of the molecule is CN(Cc1c(F)cccc1Cl)C(=O)CSc1nnc(-c2cccnc2)n1Cc1ccco1. The number of aromatic nitrogens is 4. The van der Waals surface area contributed by atoms with Crippen LogP contribution in [-0.4, -0.2) is 43.4 Å². The van der Waals surface area contributed by atoms with Gasteiger partial charge in [-0.1, -0.05) is 29.4 Å². The lowest BCUT2D eigenvalue weighted by Crippen LogP contribution is -2.28. The molecule has 0 saturated heterocycles. The molecule has 0 radical (unpaired) electrons. The summed E-state index contributed by atoms with van der Waals surface area (Å²) in [6, 6.07) is 11.8. The van der Waals surface area contributed by atoms with Crippen LogP contribution >= 0.6 is 23.4 Å². The van der Waals surface area contributed by atoms with Gasteiger partial charge >= 0.3 is 0 Å². The van der Waals surface area contributed by atoms with E-state index in [1.54, 1.807) is 31.8 Å². The fourth-order valence-corrected chi connectivity index (χ4v) is 4.15. The predicted octanol–water partition coefficient (Wildman–Crippen LogP) is 4.52. The summed E-state index contributed by atoms with van der Waals surface area (Å²) in [6.07, 6.45) is 4.99. The number of carbonyl (C=O) groups is 1. The molecule has 3 heterocycles. The lowest BCUT2D eigenvalue weighted by atomic mass is 10.2. The van der Waals surface area contributed by atoms with E-state index in [1.807, 2.05) is 28.8 Å². The summed E-state index contributed by atoms with van der Waals surface area (Å²) in [5.74, 6) is 0.825. The summed E-state index contributed by atoms with van der Waals surface area (Å²) in [6.45, 7) is 0.479. The molecule has 4 aromatic rings. The number of halogens is 2. The van der Waals surface area contributed by atoms with Crippen molar-refractivity contribution in [1.29, 1.82) is 0 Å². The second-order valence-electron chi connectivity index (χ2n) is 6.95. The largest absolute Gasteiger partial charge is 0.467 e. The number of pyridine rings is 1. The van der Waals surface area contributed by atoms with Gasteiger partial charge < -0.3 is 9.32 Å². The molecule has 7 nitrogen and oxygen atoms in total. The number of benzene rings is 1. The third-order valence-electron chi connectivity index (χ3n) is 4.74. The minimum atomic E-state index is -0.441. The van der Waals surface area contributed by atoms with E-state index in [4.69, 9.17) is 16.0 Å². The number of hydrogen-bond donors (Lipinski definition) is 0. The van der Waals surface area contributed by atoms with Crippen molar-refractivity contribution < 1.29 is 13.6 Å². The highest BCUT2D eigenvalue weighted by Gasteiger charge is 2.19. The van der Waals surface area contributed by atoms with Crippen molar-refractivity contribution in [3.05, 3.63) is 83.3 Å². The third kappa shape index (κ3) is 5.00. The summed E-state index contributed by atoms with van der Waals surface area (Å²) in [4.78, 5) is 18.3. The van der Waals surface area contributed by atoms with E-state index in [1.165, 1.54) is 28.8 Å². The molecule has 0 aliphatic heterocycles. The molecule has 0 saturated carbocycles. The first-order valence-corrected chi connectivity index (χ1v) is 11.0. The van der Waals surface area contributed by atoms with E-state index in [9.17, 15) is 9.18 Å². The van der Waals surface area contributed by atoms with Crippen LogP contribution in [-0.2, 0) is 17.9 Å². The summed E-state index contributed by atoms with van der Waals surface area (Å²) < 4.78 is 21.4. The monoisotopic (exact) mass is 471 g/mol. The maximum Gasteiger partial charge on any atom is 0.233 e. The zero-order valence-electron chi connectivity index (χ0n) is 17.1. The van der Waals surface area contributed by atoms with Gasteiger partial charge in [0.1, 0.15) is 11.6 Å². The van der Waals surface area contributed by atoms with Crippen LogP contribution < -0.4 is 0 Å².